The largest absolute Gasteiger partial charge is 0.348 e. The molecule has 0 bridgehead atoms. The fraction of sp³-hybridized carbons (Fsp3) is 0.304. The third-order valence-electron chi connectivity index (χ3n) is 5.71. The zero-order chi connectivity index (χ0) is 19.6. The molecule has 3 aromatic rings. The maximum atomic E-state index is 12.7. The second-order valence-electron chi connectivity index (χ2n) is 7.76. The lowest BCUT2D eigenvalue weighted by Crippen LogP contribution is -2.38. The van der Waals surface area contributed by atoms with Gasteiger partial charge in [-0.05, 0) is 42.5 Å². The zero-order valence-corrected chi connectivity index (χ0v) is 16.2. The van der Waals surface area contributed by atoms with Crippen molar-refractivity contribution in [3.8, 4) is 11.4 Å². The number of hydrogen-bond acceptors (Lipinski definition) is 5. The van der Waals surface area contributed by atoms with E-state index < -0.39 is 0 Å². The van der Waals surface area contributed by atoms with Crippen molar-refractivity contribution in [1.82, 2.24) is 25.2 Å². The molecule has 1 aromatic carbocycles. The first-order chi connectivity index (χ1) is 14.3. The van der Waals surface area contributed by atoms with E-state index >= 15 is 0 Å². The van der Waals surface area contributed by atoms with Crippen molar-refractivity contribution >= 4 is 5.91 Å². The van der Waals surface area contributed by atoms with Crippen LogP contribution in [0.1, 0.15) is 41.3 Å². The minimum atomic E-state index is -0.0147. The summed E-state index contributed by atoms with van der Waals surface area (Å²) in [5.74, 6) is 0.755. The molecule has 0 fully saturated rings. The Morgan fingerprint density at radius 3 is 2.69 bits per heavy atom. The van der Waals surface area contributed by atoms with Gasteiger partial charge in [-0.1, -0.05) is 24.3 Å². The first-order valence-corrected chi connectivity index (χ1v) is 10.1. The van der Waals surface area contributed by atoms with Crippen LogP contribution in [0.15, 0.2) is 55.0 Å². The highest BCUT2D eigenvalue weighted by atomic mass is 16.2. The standard InChI is InChI=1S/C23H23N5O/c29-22(15-28-13-17-5-1-2-6-18(17)14-28)26-20-8-3-9-21-19(20)12-25-23(27-21)16-7-4-10-24-11-16/h1-2,4-7,10-12,20H,3,8-9,13-15H2,(H,26,29). The van der Waals surface area contributed by atoms with Gasteiger partial charge in [-0.3, -0.25) is 14.7 Å². The second-order valence-corrected chi connectivity index (χ2v) is 7.76. The van der Waals surface area contributed by atoms with Gasteiger partial charge in [0.15, 0.2) is 5.82 Å². The molecule has 1 atom stereocenters. The third-order valence-corrected chi connectivity index (χ3v) is 5.71. The number of carbonyl (C=O) groups excluding carboxylic acids is 1. The molecule has 1 aliphatic heterocycles. The van der Waals surface area contributed by atoms with Crippen LogP contribution in [0.3, 0.4) is 0 Å². The van der Waals surface area contributed by atoms with Gasteiger partial charge in [0.1, 0.15) is 0 Å². The number of pyridine rings is 1. The van der Waals surface area contributed by atoms with Crippen molar-refractivity contribution in [3.05, 3.63) is 77.4 Å². The van der Waals surface area contributed by atoms with Gasteiger partial charge in [0.2, 0.25) is 5.91 Å². The maximum Gasteiger partial charge on any atom is 0.234 e. The number of hydrogen-bond donors (Lipinski definition) is 1. The third kappa shape index (κ3) is 3.76. The van der Waals surface area contributed by atoms with Crippen molar-refractivity contribution in [1.29, 1.82) is 0 Å². The predicted molar refractivity (Wildman–Crippen MR) is 110 cm³/mol. The molecule has 1 N–H and O–H groups in total. The quantitative estimate of drug-likeness (QED) is 0.747. The van der Waals surface area contributed by atoms with Crippen molar-refractivity contribution in [2.75, 3.05) is 6.54 Å². The van der Waals surface area contributed by atoms with Crippen LogP contribution in [0.2, 0.25) is 0 Å². The molecule has 2 aliphatic rings. The summed E-state index contributed by atoms with van der Waals surface area (Å²) >= 11 is 0. The molecule has 5 rings (SSSR count). The van der Waals surface area contributed by atoms with Crippen molar-refractivity contribution < 1.29 is 4.79 Å². The minimum absolute atomic E-state index is 0.0147. The van der Waals surface area contributed by atoms with Crippen molar-refractivity contribution in [2.24, 2.45) is 0 Å². The fourth-order valence-electron chi connectivity index (χ4n) is 4.29. The SMILES string of the molecule is O=C(CN1Cc2ccccc2C1)NC1CCCc2nc(-c3cccnc3)ncc21. The summed E-state index contributed by atoms with van der Waals surface area (Å²) in [5, 5.41) is 3.22. The maximum absolute atomic E-state index is 12.7. The van der Waals surface area contributed by atoms with Gasteiger partial charge in [-0.25, -0.2) is 9.97 Å². The molecular formula is C23H23N5O. The van der Waals surface area contributed by atoms with Crippen LogP contribution in [0.5, 0.6) is 0 Å². The van der Waals surface area contributed by atoms with Gasteiger partial charge in [0, 0.05) is 48.5 Å². The van der Waals surface area contributed by atoms with E-state index in [0.29, 0.717) is 12.4 Å². The van der Waals surface area contributed by atoms with E-state index in [1.165, 1.54) is 11.1 Å². The number of nitrogens with one attached hydrogen (secondary N) is 1. The molecule has 1 amide bonds. The van der Waals surface area contributed by atoms with Crippen LogP contribution in [0.25, 0.3) is 11.4 Å². The number of rotatable bonds is 4. The Morgan fingerprint density at radius 2 is 1.93 bits per heavy atom. The monoisotopic (exact) mass is 385 g/mol. The molecule has 6 heteroatoms. The molecule has 2 aromatic heterocycles. The average Bonchev–Trinajstić information content (AvgIpc) is 3.16. The molecule has 146 valence electrons. The van der Waals surface area contributed by atoms with Crippen molar-refractivity contribution in [3.63, 3.8) is 0 Å². The van der Waals surface area contributed by atoms with E-state index in [1.54, 1.807) is 12.4 Å². The number of benzene rings is 1. The molecular weight excluding hydrogens is 362 g/mol. The van der Waals surface area contributed by atoms with E-state index in [4.69, 9.17) is 4.98 Å². The molecule has 0 saturated heterocycles. The van der Waals surface area contributed by atoms with E-state index in [2.05, 4.69) is 44.5 Å². The van der Waals surface area contributed by atoms with Gasteiger partial charge < -0.3 is 5.32 Å². The number of carbonyl (C=O) groups is 1. The van der Waals surface area contributed by atoms with Crippen LogP contribution >= 0.6 is 0 Å². The van der Waals surface area contributed by atoms with E-state index in [1.807, 2.05) is 18.3 Å². The van der Waals surface area contributed by atoms with Gasteiger partial charge >= 0.3 is 0 Å². The highest BCUT2D eigenvalue weighted by Crippen LogP contribution is 2.29. The molecule has 0 radical (unpaired) electrons. The Labute approximate surface area is 170 Å². The lowest BCUT2D eigenvalue weighted by Gasteiger charge is -2.26. The van der Waals surface area contributed by atoms with Gasteiger partial charge in [-0.2, -0.15) is 0 Å². The van der Waals surface area contributed by atoms with Crippen LogP contribution in [-0.2, 0) is 24.3 Å². The zero-order valence-electron chi connectivity index (χ0n) is 16.2. The van der Waals surface area contributed by atoms with E-state index in [9.17, 15) is 4.79 Å². The summed E-state index contributed by atoms with van der Waals surface area (Å²) in [6.07, 6.45) is 8.24. The molecule has 29 heavy (non-hydrogen) atoms. The minimum Gasteiger partial charge on any atom is -0.348 e. The lowest BCUT2D eigenvalue weighted by molar-refractivity contribution is -0.123. The molecule has 1 unspecified atom stereocenters. The highest BCUT2D eigenvalue weighted by molar-refractivity contribution is 5.78. The Bertz CT molecular complexity index is 1010. The van der Waals surface area contributed by atoms with Crippen LogP contribution in [-0.4, -0.2) is 32.3 Å². The molecule has 0 saturated carbocycles. The summed E-state index contributed by atoms with van der Waals surface area (Å²) in [5.41, 5.74) is 5.63. The number of fused-ring (bicyclic) bond motifs is 2. The van der Waals surface area contributed by atoms with Gasteiger partial charge in [0.05, 0.1) is 12.6 Å². The van der Waals surface area contributed by atoms with Gasteiger partial charge in [-0.15, -0.1) is 0 Å². The highest BCUT2D eigenvalue weighted by Gasteiger charge is 2.26. The number of aromatic nitrogens is 3. The molecule has 3 heterocycles. The summed E-state index contributed by atoms with van der Waals surface area (Å²) in [6, 6.07) is 12.2. The van der Waals surface area contributed by atoms with Crippen LogP contribution < -0.4 is 5.32 Å². The summed E-state index contributed by atoms with van der Waals surface area (Å²) < 4.78 is 0. The van der Waals surface area contributed by atoms with Gasteiger partial charge in [0.25, 0.3) is 0 Å². The normalized spacial score (nSPS) is 18.1. The number of amides is 1. The van der Waals surface area contributed by atoms with E-state index in [0.717, 1.165) is 49.2 Å². The Balaban J connectivity index is 1.27. The first-order valence-electron chi connectivity index (χ1n) is 10.1. The Hall–Kier alpha value is -3.12. The van der Waals surface area contributed by atoms with Crippen molar-refractivity contribution in [2.45, 2.75) is 38.4 Å². The smallest absolute Gasteiger partial charge is 0.234 e. The number of nitrogens with zero attached hydrogens (tertiary/aromatic N) is 4. The average molecular weight is 385 g/mol. The summed E-state index contributed by atoms with van der Waals surface area (Å²) in [6.45, 7) is 2.08. The van der Waals surface area contributed by atoms with E-state index in [-0.39, 0.29) is 11.9 Å². The molecule has 1 aliphatic carbocycles. The second kappa shape index (κ2) is 7.72. The molecule has 0 spiro atoms. The fourth-order valence-corrected chi connectivity index (χ4v) is 4.29. The topological polar surface area (TPSA) is 71.0 Å². The summed E-state index contributed by atoms with van der Waals surface area (Å²) in [4.78, 5) is 28.3. The molecule has 6 nitrogen and oxygen atoms in total. The van der Waals surface area contributed by atoms with Crippen LogP contribution in [0, 0.1) is 0 Å². The summed E-state index contributed by atoms with van der Waals surface area (Å²) in [7, 11) is 0. The van der Waals surface area contributed by atoms with Crippen LogP contribution in [0.4, 0.5) is 0 Å². The predicted octanol–water partition coefficient (Wildman–Crippen LogP) is 3.05. The number of aryl methyl sites for hydroxylation is 1. The Kier molecular flexibility index (Phi) is 4.77. The lowest BCUT2D eigenvalue weighted by atomic mass is 9.92. The Morgan fingerprint density at radius 1 is 1.10 bits per heavy atom. The first kappa shape index (κ1) is 17.9.